The molecular weight excluding hydrogens is 214 g/mol. The smallest absolute Gasteiger partial charge is 0.329 e. The standard InChI is InChI=1S/C4H7N5O2S2/c5-1(10)7-3(11)9-4(13)8-2(6)12/h(H7,5,6,7,8,9,10,11,12,13). The Hall–Kier alpha value is -1.48. The van der Waals surface area contributed by atoms with Gasteiger partial charge in [-0.15, -0.1) is 0 Å². The number of primary amides is 1. The van der Waals surface area contributed by atoms with E-state index in [9.17, 15) is 9.59 Å². The first-order chi connectivity index (χ1) is 5.91. The fourth-order valence-electron chi connectivity index (χ4n) is 0.389. The highest BCUT2D eigenvalue weighted by molar-refractivity contribution is 7.81. The van der Waals surface area contributed by atoms with Gasteiger partial charge in [-0.1, -0.05) is 0 Å². The van der Waals surface area contributed by atoms with Crippen molar-refractivity contribution < 1.29 is 9.59 Å². The largest absolute Gasteiger partial charge is 0.376 e. The zero-order chi connectivity index (χ0) is 10.4. The predicted molar refractivity (Wildman–Crippen MR) is 53.8 cm³/mol. The number of hydrogen-bond donors (Lipinski definition) is 5. The Bertz CT molecular complexity index is 239. The summed E-state index contributed by atoms with van der Waals surface area (Å²) in [4.78, 5) is 20.9. The molecule has 0 fully saturated rings. The topological polar surface area (TPSA) is 122 Å². The first-order valence-electron chi connectivity index (χ1n) is 2.89. The number of hydrogen-bond acceptors (Lipinski definition) is 4. The zero-order valence-electron chi connectivity index (χ0n) is 6.29. The Labute approximate surface area is 84.2 Å². The summed E-state index contributed by atoms with van der Waals surface area (Å²) in [5.74, 6) is 0. The molecule has 0 saturated carbocycles. The SMILES string of the molecule is NC(=O)NC(=O)NC(=S)NC(N)=S. The molecule has 4 amide bonds. The Kier molecular flexibility index (Phi) is 4.62. The van der Waals surface area contributed by atoms with Gasteiger partial charge in [-0.3, -0.25) is 10.6 Å². The maximum Gasteiger partial charge on any atom is 0.329 e. The van der Waals surface area contributed by atoms with Gasteiger partial charge in [0.25, 0.3) is 0 Å². The van der Waals surface area contributed by atoms with Gasteiger partial charge in [0, 0.05) is 0 Å². The van der Waals surface area contributed by atoms with Crippen molar-refractivity contribution in [3.63, 3.8) is 0 Å². The summed E-state index contributed by atoms with van der Waals surface area (Å²) in [5, 5.41) is 5.82. The van der Waals surface area contributed by atoms with E-state index in [1.165, 1.54) is 0 Å². The molecule has 7 N–H and O–H groups in total. The summed E-state index contributed by atoms with van der Waals surface area (Å²) in [6, 6.07) is -1.85. The molecule has 0 saturated heterocycles. The summed E-state index contributed by atoms with van der Waals surface area (Å²) >= 11 is 8.98. The molecule has 0 rings (SSSR count). The summed E-state index contributed by atoms with van der Waals surface area (Å²) in [5.41, 5.74) is 9.69. The van der Waals surface area contributed by atoms with Gasteiger partial charge in [-0.2, -0.15) is 0 Å². The van der Waals surface area contributed by atoms with E-state index in [1.54, 1.807) is 5.32 Å². The van der Waals surface area contributed by atoms with Crippen molar-refractivity contribution in [2.24, 2.45) is 11.5 Å². The van der Waals surface area contributed by atoms with Crippen LogP contribution < -0.4 is 27.4 Å². The fourth-order valence-corrected chi connectivity index (χ4v) is 0.759. The van der Waals surface area contributed by atoms with Crippen molar-refractivity contribution in [1.82, 2.24) is 16.0 Å². The number of amides is 4. The zero-order valence-corrected chi connectivity index (χ0v) is 7.92. The van der Waals surface area contributed by atoms with Crippen LogP contribution >= 0.6 is 24.4 Å². The normalized spacial score (nSPS) is 8.31. The second kappa shape index (κ2) is 5.22. The Morgan fingerprint density at radius 1 is 1.00 bits per heavy atom. The van der Waals surface area contributed by atoms with E-state index in [1.807, 2.05) is 5.32 Å². The third-order valence-corrected chi connectivity index (χ3v) is 1.01. The molecule has 0 aromatic carbocycles. The lowest BCUT2D eigenvalue weighted by atomic mass is 10.8. The van der Waals surface area contributed by atoms with Crippen molar-refractivity contribution in [2.45, 2.75) is 0 Å². The number of nitrogens with one attached hydrogen (secondary N) is 3. The van der Waals surface area contributed by atoms with Gasteiger partial charge in [-0.05, 0) is 24.4 Å². The number of nitrogens with two attached hydrogens (primary N) is 2. The average molecular weight is 221 g/mol. The monoisotopic (exact) mass is 221 g/mol. The van der Waals surface area contributed by atoms with E-state index in [-0.39, 0.29) is 10.2 Å². The van der Waals surface area contributed by atoms with E-state index >= 15 is 0 Å². The summed E-state index contributed by atoms with van der Waals surface area (Å²) in [6.45, 7) is 0. The van der Waals surface area contributed by atoms with Gasteiger partial charge in [-0.25, -0.2) is 9.59 Å². The van der Waals surface area contributed by atoms with Crippen molar-refractivity contribution in [1.29, 1.82) is 0 Å². The minimum Gasteiger partial charge on any atom is -0.376 e. The number of imide groups is 1. The third-order valence-electron chi connectivity index (χ3n) is 0.701. The van der Waals surface area contributed by atoms with Crippen LogP contribution in [-0.2, 0) is 0 Å². The number of thiocarbonyl (C=S) groups is 2. The van der Waals surface area contributed by atoms with Crippen LogP contribution in [0.4, 0.5) is 9.59 Å². The summed E-state index contributed by atoms with van der Waals surface area (Å²) in [7, 11) is 0. The molecule has 7 nitrogen and oxygen atoms in total. The summed E-state index contributed by atoms with van der Waals surface area (Å²) in [6.07, 6.45) is 0. The Morgan fingerprint density at radius 2 is 1.54 bits per heavy atom. The lowest BCUT2D eigenvalue weighted by Crippen LogP contribution is -2.50. The van der Waals surface area contributed by atoms with E-state index in [4.69, 9.17) is 5.73 Å². The summed E-state index contributed by atoms with van der Waals surface area (Å²) < 4.78 is 0. The molecule has 0 aliphatic carbocycles. The Morgan fingerprint density at radius 3 is 1.92 bits per heavy atom. The van der Waals surface area contributed by atoms with Gasteiger partial charge < -0.3 is 16.8 Å². The second-order valence-electron chi connectivity index (χ2n) is 1.76. The van der Waals surface area contributed by atoms with Crippen LogP contribution in [0.3, 0.4) is 0 Å². The van der Waals surface area contributed by atoms with Gasteiger partial charge in [0.15, 0.2) is 10.2 Å². The van der Waals surface area contributed by atoms with Crippen LogP contribution in [0.1, 0.15) is 0 Å². The molecule has 0 aliphatic heterocycles. The second-order valence-corrected chi connectivity index (χ2v) is 2.61. The lowest BCUT2D eigenvalue weighted by Gasteiger charge is -2.06. The van der Waals surface area contributed by atoms with Crippen LogP contribution in [0.5, 0.6) is 0 Å². The first kappa shape index (κ1) is 11.5. The van der Waals surface area contributed by atoms with Crippen LogP contribution in [0.15, 0.2) is 0 Å². The average Bonchev–Trinajstić information content (AvgIpc) is 1.80. The molecule has 0 aromatic heterocycles. The van der Waals surface area contributed by atoms with E-state index < -0.39 is 12.1 Å². The lowest BCUT2D eigenvalue weighted by molar-refractivity contribution is 0.234. The molecule has 0 aliphatic rings. The molecule has 0 bridgehead atoms. The molecule has 0 spiro atoms. The number of carbonyl (C=O) groups excluding carboxylic acids is 2. The van der Waals surface area contributed by atoms with Crippen molar-refractivity contribution in [3.05, 3.63) is 0 Å². The molecule has 0 aromatic rings. The van der Waals surface area contributed by atoms with Gasteiger partial charge in [0.1, 0.15) is 0 Å². The number of carbonyl (C=O) groups is 2. The molecular formula is C4H7N5O2S2. The highest BCUT2D eigenvalue weighted by Crippen LogP contribution is 1.69. The van der Waals surface area contributed by atoms with E-state index in [0.29, 0.717) is 0 Å². The van der Waals surface area contributed by atoms with Crippen LogP contribution in [0.25, 0.3) is 0 Å². The van der Waals surface area contributed by atoms with Gasteiger partial charge in [0.2, 0.25) is 0 Å². The maximum absolute atomic E-state index is 10.7. The Balaban J connectivity index is 3.85. The van der Waals surface area contributed by atoms with Crippen molar-refractivity contribution in [2.75, 3.05) is 0 Å². The molecule has 0 unspecified atom stereocenters. The van der Waals surface area contributed by atoms with Crippen molar-refractivity contribution in [3.8, 4) is 0 Å². The van der Waals surface area contributed by atoms with Gasteiger partial charge in [0.05, 0.1) is 0 Å². The molecule has 0 radical (unpaired) electrons. The molecule has 13 heavy (non-hydrogen) atoms. The predicted octanol–water partition coefficient (Wildman–Crippen LogP) is -1.52. The quantitative estimate of drug-likeness (QED) is 0.317. The molecule has 72 valence electrons. The van der Waals surface area contributed by atoms with E-state index in [0.717, 1.165) is 0 Å². The third kappa shape index (κ3) is 6.90. The highest BCUT2D eigenvalue weighted by Gasteiger charge is 2.05. The fraction of sp³-hybridized carbons (Fsp3) is 0. The number of rotatable bonds is 0. The van der Waals surface area contributed by atoms with Gasteiger partial charge >= 0.3 is 12.1 Å². The van der Waals surface area contributed by atoms with Crippen molar-refractivity contribution >= 4 is 46.7 Å². The highest BCUT2D eigenvalue weighted by atomic mass is 32.1. The minimum absolute atomic E-state index is 0.0932. The van der Waals surface area contributed by atoms with Crippen LogP contribution in [0, 0.1) is 0 Å². The molecule has 0 atom stereocenters. The number of urea groups is 2. The first-order valence-corrected chi connectivity index (χ1v) is 3.71. The van der Waals surface area contributed by atoms with Crippen LogP contribution in [0.2, 0.25) is 0 Å². The van der Waals surface area contributed by atoms with Crippen LogP contribution in [-0.4, -0.2) is 22.3 Å². The maximum atomic E-state index is 10.7. The molecule has 0 heterocycles. The molecule has 9 heteroatoms. The van der Waals surface area contributed by atoms with E-state index in [2.05, 4.69) is 35.5 Å². The minimum atomic E-state index is -0.990.